The molecule has 1 aromatic heterocycles. The summed E-state index contributed by atoms with van der Waals surface area (Å²) in [6.45, 7) is 2.02. The van der Waals surface area contributed by atoms with Gasteiger partial charge in [-0.15, -0.1) is 0 Å². The van der Waals surface area contributed by atoms with Crippen molar-refractivity contribution < 1.29 is 8.81 Å². The highest BCUT2D eigenvalue weighted by Gasteiger charge is 2.19. The van der Waals surface area contributed by atoms with Gasteiger partial charge in [0.2, 0.25) is 0 Å². The third kappa shape index (κ3) is 3.01. The zero-order chi connectivity index (χ0) is 13.1. The minimum atomic E-state index is -0.213. The first-order chi connectivity index (χ1) is 9.31. The number of aromatic nitrogens is 1. The summed E-state index contributed by atoms with van der Waals surface area (Å²) in [5.74, 6) is 1.84. The van der Waals surface area contributed by atoms with Crippen LogP contribution in [0.25, 0.3) is 0 Å². The van der Waals surface area contributed by atoms with E-state index in [1.165, 1.54) is 18.6 Å². The number of hydrogen-bond acceptors (Lipinski definition) is 3. The Bertz CT molecular complexity index is 529. The van der Waals surface area contributed by atoms with Gasteiger partial charge in [0.15, 0.2) is 5.89 Å². The molecule has 3 rings (SSSR count). The summed E-state index contributed by atoms with van der Waals surface area (Å²) in [4.78, 5) is 4.37. The van der Waals surface area contributed by atoms with Gasteiger partial charge < -0.3 is 9.73 Å². The molecular weight excluding hydrogens is 243 g/mol. The number of benzene rings is 1. The first kappa shape index (κ1) is 12.4. The van der Waals surface area contributed by atoms with E-state index in [0.29, 0.717) is 12.3 Å². The lowest BCUT2D eigenvalue weighted by Crippen LogP contribution is -2.28. The standard InChI is InChI=1S/C15H17FN2O/c16-13-5-3-11(4-6-13)8-14-10-18-15(19-14)12-2-1-7-17-9-12/h3-6,10,12,17H,1-2,7-9H2/t12-/m0/s1. The van der Waals surface area contributed by atoms with Gasteiger partial charge in [0.05, 0.1) is 6.20 Å². The zero-order valence-electron chi connectivity index (χ0n) is 10.7. The van der Waals surface area contributed by atoms with Crippen molar-refractivity contribution in [1.82, 2.24) is 10.3 Å². The fraction of sp³-hybridized carbons (Fsp3) is 0.400. The van der Waals surface area contributed by atoms with Crippen LogP contribution in [-0.2, 0) is 6.42 Å². The maximum atomic E-state index is 12.8. The summed E-state index contributed by atoms with van der Waals surface area (Å²) in [7, 11) is 0. The number of nitrogens with zero attached hydrogens (tertiary/aromatic N) is 1. The van der Waals surface area contributed by atoms with Crippen LogP contribution in [0.4, 0.5) is 4.39 Å². The van der Waals surface area contributed by atoms with Crippen molar-refractivity contribution in [2.24, 2.45) is 0 Å². The molecule has 0 bridgehead atoms. The first-order valence-electron chi connectivity index (χ1n) is 6.71. The Morgan fingerprint density at radius 3 is 2.89 bits per heavy atom. The fourth-order valence-corrected chi connectivity index (χ4v) is 2.46. The zero-order valence-corrected chi connectivity index (χ0v) is 10.7. The molecule has 0 spiro atoms. The van der Waals surface area contributed by atoms with Crippen LogP contribution < -0.4 is 5.32 Å². The Balaban J connectivity index is 1.68. The van der Waals surface area contributed by atoms with Crippen LogP contribution in [-0.4, -0.2) is 18.1 Å². The number of piperidine rings is 1. The minimum absolute atomic E-state index is 0.213. The SMILES string of the molecule is Fc1ccc(Cc2cnc([C@H]3CCCNC3)o2)cc1. The van der Waals surface area contributed by atoms with Crippen LogP contribution in [0.2, 0.25) is 0 Å². The van der Waals surface area contributed by atoms with Gasteiger partial charge in [0.25, 0.3) is 0 Å². The summed E-state index contributed by atoms with van der Waals surface area (Å²) in [6.07, 6.45) is 4.74. The average Bonchev–Trinajstić information content (AvgIpc) is 2.91. The molecule has 1 aromatic carbocycles. The van der Waals surface area contributed by atoms with Crippen molar-refractivity contribution in [3.63, 3.8) is 0 Å². The molecule has 2 aromatic rings. The molecule has 0 saturated carbocycles. The molecule has 19 heavy (non-hydrogen) atoms. The van der Waals surface area contributed by atoms with Gasteiger partial charge in [-0.05, 0) is 37.1 Å². The van der Waals surface area contributed by atoms with Gasteiger partial charge in [-0.1, -0.05) is 12.1 Å². The largest absolute Gasteiger partial charge is 0.445 e. The van der Waals surface area contributed by atoms with E-state index < -0.39 is 0 Å². The molecule has 1 aliphatic heterocycles. The normalized spacial score (nSPS) is 19.5. The van der Waals surface area contributed by atoms with E-state index in [4.69, 9.17) is 4.42 Å². The predicted octanol–water partition coefficient (Wildman–Crippen LogP) is 2.87. The molecule has 4 heteroatoms. The van der Waals surface area contributed by atoms with Crippen LogP contribution >= 0.6 is 0 Å². The third-order valence-corrected chi connectivity index (χ3v) is 3.51. The number of halogens is 1. The molecule has 1 atom stereocenters. The molecule has 100 valence electrons. The molecule has 0 radical (unpaired) electrons. The molecule has 0 amide bonds. The molecule has 1 N–H and O–H groups in total. The molecule has 3 nitrogen and oxygen atoms in total. The van der Waals surface area contributed by atoms with E-state index in [0.717, 1.165) is 36.7 Å². The highest BCUT2D eigenvalue weighted by Crippen LogP contribution is 2.23. The van der Waals surface area contributed by atoms with E-state index in [9.17, 15) is 4.39 Å². The van der Waals surface area contributed by atoms with Gasteiger partial charge in [-0.2, -0.15) is 0 Å². The van der Waals surface area contributed by atoms with E-state index in [-0.39, 0.29) is 5.82 Å². The van der Waals surface area contributed by atoms with Gasteiger partial charge in [-0.3, -0.25) is 0 Å². The highest BCUT2D eigenvalue weighted by atomic mass is 19.1. The molecule has 2 heterocycles. The molecule has 0 aliphatic carbocycles. The van der Waals surface area contributed by atoms with Gasteiger partial charge in [0, 0.05) is 18.9 Å². The summed E-state index contributed by atoms with van der Waals surface area (Å²) in [5.41, 5.74) is 1.03. The van der Waals surface area contributed by atoms with Crippen molar-refractivity contribution in [2.45, 2.75) is 25.2 Å². The van der Waals surface area contributed by atoms with Crippen LogP contribution in [0.5, 0.6) is 0 Å². The third-order valence-electron chi connectivity index (χ3n) is 3.51. The van der Waals surface area contributed by atoms with Crippen molar-refractivity contribution >= 4 is 0 Å². The predicted molar refractivity (Wildman–Crippen MR) is 70.6 cm³/mol. The van der Waals surface area contributed by atoms with E-state index in [1.54, 1.807) is 18.3 Å². The lowest BCUT2D eigenvalue weighted by Gasteiger charge is -2.19. The number of hydrogen-bond donors (Lipinski definition) is 1. The monoisotopic (exact) mass is 260 g/mol. The van der Waals surface area contributed by atoms with E-state index in [2.05, 4.69) is 10.3 Å². The van der Waals surface area contributed by atoms with Gasteiger partial charge in [0.1, 0.15) is 11.6 Å². The fourth-order valence-electron chi connectivity index (χ4n) is 2.46. The molecule has 1 aliphatic rings. The Morgan fingerprint density at radius 1 is 1.32 bits per heavy atom. The highest BCUT2D eigenvalue weighted by molar-refractivity contribution is 5.20. The lowest BCUT2D eigenvalue weighted by molar-refractivity contribution is 0.365. The second kappa shape index (κ2) is 5.53. The summed E-state index contributed by atoms with van der Waals surface area (Å²) in [5, 5.41) is 3.36. The first-order valence-corrected chi connectivity index (χ1v) is 6.71. The van der Waals surface area contributed by atoms with Gasteiger partial charge >= 0.3 is 0 Å². The number of rotatable bonds is 3. The van der Waals surface area contributed by atoms with Crippen LogP contribution in [0.15, 0.2) is 34.9 Å². The van der Waals surface area contributed by atoms with Crippen LogP contribution in [0.3, 0.4) is 0 Å². The molecule has 1 fully saturated rings. The summed E-state index contributed by atoms with van der Waals surface area (Å²) < 4.78 is 18.6. The Morgan fingerprint density at radius 2 is 2.16 bits per heavy atom. The Hall–Kier alpha value is -1.68. The van der Waals surface area contributed by atoms with Crippen molar-refractivity contribution in [1.29, 1.82) is 0 Å². The van der Waals surface area contributed by atoms with Crippen molar-refractivity contribution in [2.75, 3.05) is 13.1 Å². The van der Waals surface area contributed by atoms with Crippen LogP contribution in [0, 0.1) is 5.82 Å². The van der Waals surface area contributed by atoms with Gasteiger partial charge in [-0.25, -0.2) is 9.37 Å². The lowest BCUT2D eigenvalue weighted by atomic mass is 10.00. The smallest absolute Gasteiger partial charge is 0.198 e. The van der Waals surface area contributed by atoms with Crippen molar-refractivity contribution in [3.8, 4) is 0 Å². The Kier molecular flexibility index (Phi) is 3.60. The maximum absolute atomic E-state index is 12.8. The van der Waals surface area contributed by atoms with E-state index >= 15 is 0 Å². The molecule has 1 saturated heterocycles. The molecular formula is C15H17FN2O. The Labute approximate surface area is 111 Å². The number of nitrogens with one attached hydrogen (secondary N) is 1. The second-order valence-electron chi connectivity index (χ2n) is 5.01. The van der Waals surface area contributed by atoms with Crippen molar-refractivity contribution in [3.05, 3.63) is 53.5 Å². The quantitative estimate of drug-likeness (QED) is 0.922. The maximum Gasteiger partial charge on any atom is 0.198 e. The average molecular weight is 260 g/mol. The second-order valence-corrected chi connectivity index (χ2v) is 5.01. The van der Waals surface area contributed by atoms with E-state index in [1.807, 2.05) is 0 Å². The topological polar surface area (TPSA) is 38.1 Å². The summed E-state index contributed by atoms with van der Waals surface area (Å²) >= 11 is 0. The minimum Gasteiger partial charge on any atom is -0.445 e. The number of oxazole rings is 1. The molecule has 0 unspecified atom stereocenters. The summed E-state index contributed by atoms with van der Waals surface area (Å²) in [6, 6.07) is 6.49. The van der Waals surface area contributed by atoms with Crippen LogP contribution in [0.1, 0.15) is 36.0 Å².